The Kier molecular flexibility index (Phi) is 5.83. The molecule has 3 aromatic heterocycles. The second-order valence-corrected chi connectivity index (χ2v) is 7.87. The Bertz CT molecular complexity index is 1380. The Morgan fingerprint density at radius 2 is 1.97 bits per heavy atom. The first kappa shape index (κ1) is 22.7. The molecule has 1 aliphatic rings. The molecule has 180 valence electrons. The van der Waals surface area contributed by atoms with Gasteiger partial charge in [0.05, 0.1) is 12.2 Å². The van der Waals surface area contributed by atoms with E-state index in [1.54, 1.807) is 36.7 Å². The maximum atomic E-state index is 12.9. The zero-order valence-electron chi connectivity index (χ0n) is 18.2. The van der Waals surface area contributed by atoms with Gasteiger partial charge in [-0.1, -0.05) is 12.1 Å². The van der Waals surface area contributed by atoms with Crippen LogP contribution >= 0.6 is 0 Å². The zero-order valence-corrected chi connectivity index (χ0v) is 18.2. The van der Waals surface area contributed by atoms with Crippen LogP contribution in [0.2, 0.25) is 0 Å². The van der Waals surface area contributed by atoms with Crippen LogP contribution in [0.25, 0.3) is 16.8 Å². The minimum absolute atomic E-state index is 0.196. The number of ether oxygens (including phenoxy) is 1. The van der Waals surface area contributed by atoms with Crippen LogP contribution in [0.15, 0.2) is 55.0 Å². The van der Waals surface area contributed by atoms with Crippen molar-refractivity contribution in [3.8, 4) is 11.3 Å². The van der Waals surface area contributed by atoms with E-state index in [1.165, 1.54) is 0 Å². The Morgan fingerprint density at radius 1 is 1.17 bits per heavy atom. The molecule has 0 spiro atoms. The summed E-state index contributed by atoms with van der Waals surface area (Å²) in [6.07, 6.45) is -0.460. The van der Waals surface area contributed by atoms with E-state index in [4.69, 9.17) is 15.5 Å². The lowest BCUT2D eigenvalue weighted by molar-refractivity contribution is -0.137. The molecule has 1 atom stereocenters. The summed E-state index contributed by atoms with van der Waals surface area (Å²) in [6.45, 7) is 1.92. The number of anilines is 2. The summed E-state index contributed by atoms with van der Waals surface area (Å²) in [5.74, 6) is 0.177. The number of alkyl halides is 3. The second kappa shape index (κ2) is 8.96. The van der Waals surface area contributed by atoms with Crippen molar-refractivity contribution in [2.45, 2.75) is 12.3 Å². The van der Waals surface area contributed by atoms with Crippen LogP contribution in [0.1, 0.15) is 27.8 Å². The third kappa shape index (κ3) is 4.53. The maximum Gasteiger partial charge on any atom is 0.416 e. The summed E-state index contributed by atoms with van der Waals surface area (Å²) in [4.78, 5) is 25.3. The van der Waals surface area contributed by atoms with Crippen molar-refractivity contribution in [1.29, 1.82) is 0 Å². The van der Waals surface area contributed by atoms with Crippen molar-refractivity contribution in [3.05, 3.63) is 71.9 Å². The lowest BCUT2D eigenvalue weighted by Gasteiger charge is -2.22. The number of amides is 1. The molecule has 0 bridgehead atoms. The molecule has 1 fully saturated rings. The van der Waals surface area contributed by atoms with Crippen molar-refractivity contribution >= 4 is 23.1 Å². The number of carbonyl (C=O) groups is 1. The number of hydrogen-bond acceptors (Lipinski definition) is 7. The Labute approximate surface area is 197 Å². The van der Waals surface area contributed by atoms with E-state index < -0.39 is 17.6 Å². The molecule has 1 aromatic carbocycles. The molecule has 4 N–H and O–H groups in total. The van der Waals surface area contributed by atoms with Gasteiger partial charge in [0.15, 0.2) is 0 Å². The number of nitrogen functional groups attached to an aromatic ring is 1. The number of imidazole rings is 1. The molecule has 4 heterocycles. The van der Waals surface area contributed by atoms with Crippen molar-refractivity contribution in [2.75, 3.05) is 30.7 Å². The van der Waals surface area contributed by atoms with Crippen molar-refractivity contribution in [2.24, 2.45) is 0 Å². The van der Waals surface area contributed by atoms with Crippen LogP contribution < -0.4 is 16.4 Å². The molecule has 0 aliphatic carbocycles. The SMILES string of the molecule is Nc1nccn2c([C@H]3CNCCO3)nc(-c3ccc(C(=O)Nc4cc(C(F)(F)F)ccn4)cc3)c12. The normalized spacial score (nSPS) is 16.4. The number of hydrogen-bond donors (Lipinski definition) is 3. The highest BCUT2D eigenvalue weighted by Crippen LogP contribution is 2.32. The molecular formula is C23H20F3N7O2. The highest BCUT2D eigenvalue weighted by atomic mass is 19.4. The minimum atomic E-state index is -4.54. The van der Waals surface area contributed by atoms with Gasteiger partial charge in [0.1, 0.15) is 34.8 Å². The molecule has 1 aliphatic heterocycles. The van der Waals surface area contributed by atoms with Gasteiger partial charge in [-0.25, -0.2) is 15.0 Å². The van der Waals surface area contributed by atoms with Crippen LogP contribution in [0, 0.1) is 0 Å². The molecule has 9 nitrogen and oxygen atoms in total. The van der Waals surface area contributed by atoms with Crippen LogP contribution in [-0.2, 0) is 10.9 Å². The molecule has 0 radical (unpaired) electrons. The predicted molar refractivity (Wildman–Crippen MR) is 122 cm³/mol. The Morgan fingerprint density at radius 3 is 2.69 bits per heavy atom. The molecule has 5 rings (SSSR count). The van der Waals surface area contributed by atoms with Crippen molar-refractivity contribution in [3.63, 3.8) is 0 Å². The van der Waals surface area contributed by atoms with Gasteiger partial charge in [-0.3, -0.25) is 9.20 Å². The van der Waals surface area contributed by atoms with Crippen molar-refractivity contribution < 1.29 is 22.7 Å². The molecule has 35 heavy (non-hydrogen) atoms. The molecule has 12 heteroatoms. The lowest BCUT2D eigenvalue weighted by Crippen LogP contribution is -2.34. The fourth-order valence-electron chi connectivity index (χ4n) is 3.89. The topological polar surface area (TPSA) is 119 Å². The Hall–Kier alpha value is -4.03. The number of nitrogens with one attached hydrogen (secondary N) is 2. The number of carbonyl (C=O) groups excluding carboxylic acids is 1. The third-order valence-corrected chi connectivity index (χ3v) is 5.58. The molecular weight excluding hydrogens is 463 g/mol. The fraction of sp³-hybridized carbons (Fsp3) is 0.217. The van der Waals surface area contributed by atoms with Gasteiger partial charge in [0.2, 0.25) is 0 Å². The largest absolute Gasteiger partial charge is 0.416 e. The van der Waals surface area contributed by atoms with E-state index in [2.05, 4.69) is 20.6 Å². The average molecular weight is 483 g/mol. The number of nitrogens with zero attached hydrogens (tertiary/aromatic N) is 4. The van der Waals surface area contributed by atoms with E-state index in [0.29, 0.717) is 41.6 Å². The quantitative estimate of drug-likeness (QED) is 0.407. The summed E-state index contributed by atoms with van der Waals surface area (Å²) in [5.41, 5.74) is 7.38. The van der Waals surface area contributed by atoms with Crippen molar-refractivity contribution in [1.82, 2.24) is 24.7 Å². The smallest absolute Gasteiger partial charge is 0.382 e. The molecule has 0 unspecified atom stereocenters. The van der Waals surface area contributed by atoms with E-state index >= 15 is 0 Å². The van der Waals surface area contributed by atoms with E-state index in [0.717, 1.165) is 24.9 Å². The first-order valence-electron chi connectivity index (χ1n) is 10.7. The number of halogens is 3. The van der Waals surface area contributed by atoms with E-state index in [1.807, 2.05) is 4.40 Å². The van der Waals surface area contributed by atoms with E-state index in [9.17, 15) is 18.0 Å². The minimum Gasteiger partial charge on any atom is -0.382 e. The summed E-state index contributed by atoms with van der Waals surface area (Å²) >= 11 is 0. The fourth-order valence-corrected chi connectivity index (χ4v) is 3.89. The lowest BCUT2D eigenvalue weighted by atomic mass is 10.1. The standard InChI is InChI=1S/C23H20F3N7O2/c24-23(25,26)15-5-6-29-17(11-15)31-22(34)14-3-1-13(2-4-14)18-19-20(27)30-7-9-33(19)21(32-18)16-12-28-8-10-35-16/h1-7,9,11,16,28H,8,10,12H2,(H2,27,30)(H,29,31,34)/t16-/m1/s1. The zero-order chi connectivity index (χ0) is 24.6. The van der Waals surface area contributed by atoms with Crippen LogP contribution in [-0.4, -0.2) is 45.0 Å². The first-order chi connectivity index (χ1) is 16.8. The Balaban J connectivity index is 1.43. The molecule has 0 saturated carbocycles. The number of nitrogens with two attached hydrogens (primary N) is 1. The number of aromatic nitrogens is 4. The van der Waals surface area contributed by atoms with Crippen LogP contribution in [0.4, 0.5) is 24.8 Å². The van der Waals surface area contributed by atoms with Gasteiger partial charge in [-0.2, -0.15) is 13.2 Å². The first-order valence-corrected chi connectivity index (χ1v) is 10.7. The summed E-state index contributed by atoms with van der Waals surface area (Å²) in [7, 11) is 0. The second-order valence-electron chi connectivity index (χ2n) is 7.87. The third-order valence-electron chi connectivity index (χ3n) is 5.58. The highest BCUT2D eigenvalue weighted by Gasteiger charge is 2.31. The van der Waals surface area contributed by atoms with E-state index in [-0.39, 0.29) is 17.5 Å². The van der Waals surface area contributed by atoms with Gasteiger partial charge in [-0.05, 0) is 24.3 Å². The number of pyridine rings is 1. The summed E-state index contributed by atoms with van der Waals surface area (Å²) in [6, 6.07) is 8.09. The highest BCUT2D eigenvalue weighted by molar-refractivity contribution is 6.04. The number of fused-ring (bicyclic) bond motifs is 1. The predicted octanol–water partition coefficient (Wildman–Crippen LogP) is 3.31. The van der Waals surface area contributed by atoms with Gasteiger partial charge in [-0.15, -0.1) is 0 Å². The average Bonchev–Trinajstić information content (AvgIpc) is 3.25. The van der Waals surface area contributed by atoms with Crippen LogP contribution in [0.5, 0.6) is 0 Å². The number of benzene rings is 1. The maximum absolute atomic E-state index is 12.9. The summed E-state index contributed by atoms with van der Waals surface area (Å²) in [5, 5.41) is 5.67. The van der Waals surface area contributed by atoms with Gasteiger partial charge < -0.3 is 21.1 Å². The van der Waals surface area contributed by atoms with Gasteiger partial charge in [0, 0.05) is 42.8 Å². The molecule has 1 saturated heterocycles. The summed E-state index contributed by atoms with van der Waals surface area (Å²) < 4.78 is 46.5. The molecule has 4 aromatic rings. The molecule has 1 amide bonds. The number of morpholine rings is 1. The van der Waals surface area contributed by atoms with Gasteiger partial charge >= 0.3 is 6.18 Å². The van der Waals surface area contributed by atoms with Crippen LogP contribution in [0.3, 0.4) is 0 Å². The number of rotatable bonds is 4. The monoisotopic (exact) mass is 483 g/mol. The van der Waals surface area contributed by atoms with Gasteiger partial charge in [0.25, 0.3) is 5.91 Å².